The molecule has 2 unspecified atom stereocenters. The van der Waals surface area contributed by atoms with Crippen molar-refractivity contribution in [3.8, 4) is 10.6 Å². The third kappa shape index (κ3) is 3.81. The molecule has 0 aromatic carbocycles. The summed E-state index contributed by atoms with van der Waals surface area (Å²) in [6.07, 6.45) is 6.07. The zero-order valence-corrected chi connectivity index (χ0v) is 18.6. The van der Waals surface area contributed by atoms with Gasteiger partial charge < -0.3 is 26.0 Å². The smallest absolute Gasteiger partial charge is 0.263 e. The third-order valence-electron chi connectivity index (χ3n) is 6.47. The number of aromatic nitrogens is 3. The van der Waals surface area contributed by atoms with Gasteiger partial charge in [-0.3, -0.25) is 4.79 Å². The number of H-pyrrole nitrogens is 1. The van der Waals surface area contributed by atoms with Crippen LogP contribution in [-0.2, 0) is 0 Å². The number of hydrogen-bond donors (Lipinski definition) is 5. The summed E-state index contributed by atoms with van der Waals surface area (Å²) in [6.45, 7) is 5.74. The van der Waals surface area contributed by atoms with Gasteiger partial charge in [0.25, 0.3) is 5.91 Å². The molecule has 1 aliphatic heterocycles. The first kappa shape index (κ1) is 20.4. The second-order valence-corrected chi connectivity index (χ2v) is 9.77. The van der Waals surface area contributed by atoms with Gasteiger partial charge in [0, 0.05) is 29.9 Å². The standard InChI is InChI=1S/C22H28N6O2S/c1-11(10-29)26-21(30)19-12(2)27-22(31-19)17-9-25-20-16(3-4-24-20)18(17)28-15-5-13-7-23-8-14(13)6-15/h3-4,9,11,13-15,23,29H,5-8,10H2,1-2H3,(H,26,30)(H2,24,25,28)/t11?,13-,14+,15?. The molecule has 3 aromatic rings. The summed E-state index contributed by atoms with van der Waals surface area (Å²) in [4.78, 5) is 25.7. The number of nitrogens with zero attached hydrogens (tertiary/aromatic N) is 2. The third-order valence-corrected chi connectivity index (χ3v) is 7.66. The van der Waals surface area contributed by atoms with Crippen molar-refractivity contribution in [3.05, 3.63) is 29.0 Å². The second kappa shape index (κ2) is 8.22. The molecule has 0 radical (unpaired) electrons. The molecule has 31 heavy (non-hydrogen) atoms. The molecule has 8 nitrogen and oxygen atoms in total. The van der Waals surface area contributed by atoms with E-state index in [-0.39, 0.29) is 18.6 Å². The Kier molecular flexibility index (Phi) is 5.41. The molecule has 1 amide bonds. The Labute approximate surface area is 184 Å². The largest absolute Gasteiger partial charge is 0.394 e. The number of aryl methyl sites for hydroxylation is 1. The van der Waals surface area contributed by atoms with Crippen molar-refractivity contribution in [3.63, 3.8) is 0 Å². The molecule has 2 aliphatic rings. The van der Waals surface area contributed by atoms with Crippen LogP contribution in [0.4, 0.5) is 5.69 Å². The average molecular weight is 441 g/mol. The lowest BCUT2D eigenvalue weighted by atomic mass is 10.0. The van der Waals surface area contributed by atoms with E-state index in [1.54, 1.807) is 6.92 Å². The number of aliphatic hydroxyl groups is 1. The Balaban J connectivity index is 1.48. The minimum atomic E-state index is -0.302. The van der Waals surface area contributed by atoms with Crippen molar-refractivity contribution >= 4 is 34.0 Å². The van der Waals surface area contributed by atoms with Gasteiger partial charge in [0.1, 0.15) is 15.5 Å². The van der Waals surface area contributed by atoms with E-state index < -0.39 is 0 Å². The minimum absolute atomic E-state index is 0.0997. The molecule has 0 bridgehead atoms. The molecule has 5 N–H and O–H groups in total. The number of fused-ring (bicyclic) bond motifs is 2. The summed E-state index contributed by atoms with van der Waals surface area (Å²) in [5.74, 6) is 1.29. The lowest BCUT2D eigenvalue weighted by Crippen LogP contribution is -2.34. The van der Waals surface area contributed by atoms with Gasteiger partial charge in [-0.1, -0.05) is 0 Å². The van der Waals surface area contributed by atoms with Crippen molar-refractivity contribution in [1.82, 2.24) is 25.6 Å². The van der Waals surface area contributed by atoms with Gasteiger partial charge in [0.05, 0.1) is 23.6 Å². The molecule has 9 heteroatoms. The van der Waals surface area contributed by atoms with E-state index >= 15 is 0 Å². The van der Waals surface area contributed by atoms with Crippen LogP contribution in [0, 0.1) is 18.8 Å². The summed E-state index contributed by atoms with van der Waals surface area (Å²) in [5, 5.41) is 21.2. The van der Waals surface area contributed by atoms with Crippen molar-refractivity contribution in [1.29, 1.82) is 0 Å². The first-order valence-electron chi connectivity index (χ1n) is 10.9. The van der Waals surface area contributed by atoms with E-state index in [9.17, 15) is 9.90 Å². The predicted molar refractivity (Wildman–Crippen MR) is 122 cm³/mol. The van der Waals surface area contributed by atoms with Crippen LogP contribution >= 0.6 is 11.3 Å². The topological polar surface area (TPSA) is 115 Å². The molecule has 4 heterocycles. The fraction of sp³-hybridized carbons (Fsp3) is 0.500. The Morgan fingerprint density at radius 1 is 1.35 bits per heavy atom. The molecule has 3 aromatic heterocycles. The number of thiazole rings is 1. The maximum Gasteiger partial charge on any atom is 0.263 e. The first-order chi connectivity index (χ1) is 15.0. The molecule has 1 saturated carbocycles. The van der Waals surface area contributed by atoms with Crippen LogP contribution in [0.2, 0.25) is 0 Å². The van der Waals surface area contributed by atoms with Crippen LogP contribution in [0.15, 0.2) is 18.5 Å². The predicted octanol–water partition coefficient (Wildman–Crippen LogP) is 2.52. The highest BCUT2D eigenvalue weighted by Crippen LogP contribution is 2.41. The molecule has 1 saturated heterocycles. The summed E-state index contributed by atoms with van der Waals surface area (Å²) in [6, 6.07) is 2.16. The van der Waals surface area contributed by atoms with Crippen LogP contribution < -0.4 is 16.0 Å². The van der Waals surface area contributed by atoms with E-state index in [2.05, 4.69) is 25.9 Å². The van der Waals surface area contributed by atoms with E-state index in [0.717, 1.165) is 65.1 Å². The number of nitrogens with one attached hydrogen (secondary N) is 4. The van der Waals surface area contributed by atoms with Gasteiger partial charge in [-0.25, -0.2) is 9.97 Å². The maximum absolute atomic E-state index is 12.6. The Morgan fingerprint density at radius 3 is 2.87 bits per heavy atom. The molecule has 2 fully saturated rings. The molecule has 164 valence electrons. The van der Waals surface area contributed by atoms with Gasteiger partial charge in [-0.15, -0.1) is 11.3 Å². The lowest BCUT2D eigenvalue weighted by molar-refractivity contribution is 0.0925. The summed E-state index contributed by atoms with van der Waals surface area (Å²) >= 11 is 1.37. The number of aliphatic hydroxyl groups excluding tert-OH is 1. The summed E-state index contributed by atoms with van der Waals surface area (Å²) in [5.41, 5.74) is 3.48. The number of amides is 1. The van der Waals surface area contributed by atoms with Crippen LogP contribution in [0.1, 0.15) is 35.1 Å². The number of carbonyl (C=O) groups is 1. The van der Waals surface area contributed by atoms with Gasteiger partial charge in [0.15, 0.2) is 0 Å². The number of hydrogen-bond acceptors (Lipinski definition) is 7. The number of aromatic amines is 1. The van der Waals surface area contributed by atoms with Gasteiger partial charge in [-0.2, -0.15) is 0 Å². The van der Waals surface area contributed by atoms with Gasteiger partial charge >= 0.3 is 0 Å². The molecule has 0 spiro atoms. The van der Waals surface area contributed by atoms with Gasteiger partial charge in [-0.05, 0) is 57.7 Å². The van der Waals surface area contributed by atoms with Crippen molar-refractivity contribution in [2.75, 3.05) is 25.0 Å². The Hall–Kier alpha value is -2.49. The first-order valence-corrected chi connectivity index (χ1v) is 11.7. The van der Waals surface area contributed by atoms with Crippen LogP contribution in [0.3, 0.4) is 0 Å². The number of pyridine rings is 1. The van der Waals surface area contributed by atoms with Crippen LogP contribution in [0.5, 0.6) is 0 Å². The van der Waals surface area contributed by atoms with E-state index in [1.165, 1.54) is 11.3 Å². The van der Waals surface area contributed by atoms with E-state index in [1.807, 2.05) is 25.4 Å². The summed E-state index contributed by atoms with van der Waals surface area (Å²) in [7, 11) is 0. The Bertz CT molecular complexity index is 1100. The minimum Gasteiger partial charge on any atom is -0.394 e. The zero-order chi connectivity index (χ0) is 21.5. The SMILES string of the molecule is Cc1nc(-c2cnc3[nH]ccc3c2NC2C[C@H]3CNC[C@H]3C2)sc1C(=O)NC(C)CO. The highest BCUT2D eigenvalue weighted by molar-refractivity contribution is 7.17. The van der Waals surface area contributed by atoms with E-state index in [4.69, 9.17) is 4.98 Å². The Morgan fingerprint density at radius 2 is 2.13 bits per heavy atom. The number of rotatable bonds is 6. The van der Waals surface area contributed by atoms with Crippen LogP contribution in [-0.4, -0.2) is 57.7 Å². The van der Waals surface area contributed by atoms with E-state index in [0.29, 0.717) is 16.6 Å². The number of anilines is 1. The molecular formula is C22H28N6O2S. The molecule has 4 atom stereocenters. The van der Waals surface area contributed by atoms with Crippen molar-refractivity contribution in [2.45, 2.75) is 38.8 Å². The lowest BCUT2D eigenvalue weighted by Gasteiger charge is -2.18. The van der Waals surface area contributed by atoms with Crippen LogP contribution in [0.25, 0.3) is 21.6 Å². The molecular weight excluding hydrogens is 412 g/mol. The number of carbonyl (C=O) groups excluding carboxylic acids is 1. The highest BCUT2D eigenvalue weighted by Gasteiger charge is 2.37. The van der Waals surface area contributed by atoms with Gasteiger partial charge in [0.2, 0.25) is 0 Å². The van der Waals surface area contributed by atoms with Crippen molar-refractivity contribution in [2.24, 2.45) is 11.8 Å². The fourth-order valence-electron chi connectivity index (χ4n) is 4.87. The normalized spacial score (nSPS) is 23.8. The quantitative estimate of drug-likeness (QED) is 0.402. The maximum atomic E-state index is 12.6. The fourth-order valence-corrected chi connectivity index (χ4v) is 5.86. The average Bonchev–Trinajstić information content (AvgIpc) is 3.51. The molecule has 1 aliphatic carbocycles. The highest BCUT2D eigenvalue weighted by atomic mass is 32.1. The summed E-state index contributed by atoms with van der Waals surface area (Å²) < 4.78 is 0. The van der Waals surface area contributed by atoms with Crippen molar-refractivity contribution < 1.29 is 9.90 Å². The second-order valence-electron chi connectivity index (χ2n) is 8.77. The monoisotopic (exact) mass is 440 g/mol. The zero-order valence-electron chi connectivity index (χ0n) is 17.7. The molecule has 5 rings (SSSR count).